The lowest BCUT2D eigenvalue weighted by atomic mass is 10.0. The van der Waals surface area contributed by atoms with Gasteiger partial charge in [0.25, 0.3) is 0 Å². The second-order valence-electron chi connectivity index (χ2n) is 3.65. The monoisotopic (exact) mass is 165 g/mol. The van der Waals surface area contributed by atoms with Crippen LogP contribution in [0.15, 0.2) is 12.4 Å². The van der Waals surface area contributed by atoms with Crippen LogP contribution in [0.4, 0.5) is 5.69 Å². The van der Waals surface area contributed by atoms with Gasteiger partial charge in [0.05, 0.1) is 11.9 Å². The molecule has 2 heterocycles. The Morgan fingerprint density at radius 1 is 1.67 bits per heavy atom. The third-order valence-corrected chi connectivity index (χ3v) is 2.51. The Morgan fingerprint density at radius 3 is 3.25 bits per heavy atom. The van der Waals surface area contributed by atoms with Crippen molar-refractivity contribution in [2.24, 2.45) is 5.92 Å². The van der Waals surface area contributed by atoms with Crippen LogP contribution in [-0.2, 0) is 0 Å². The summed E-state index contributed by atoms with van der Waals surface area (Å²) in [6, 6.07) is 0. The van der Waals surface area contributed by atoms with Crippen molar-refractivity contribution in [3.05, 3.63) is 12.4 Å². The van der Waals surface area contributed by atoms with Crippen LogP contribution in [0.3, 0.4) is 0 Å². The molecular weight excluding hydrogens is 150 g/mol. The fourth-order valence-corrected chi connectivity index (χ4v) is 1.84. The van der Waals surface area contributed by atoms with Crippen molar-refractivity contribution in [2.75, 3.05) is 18.0 Å². The van der Waals surface area contributed by atoms with Crippen LogP contribution < -0.4 is 4.90 Å². The number of nitrogens with zero attached hydrogens (tertiary/aromatic N) is 2. The summed E-state index contributed by atoms with van der Waals surface area (Å²) in [6.07, 6.45) is 6.55. The number of hydrogen-bond acceptors (Lipinski definition) is 2. The summed E-state index contributed by atoms with van der Waals surface area (Å²) in [4.78, 5) is 2.40. The second kappa shape index (κ2) is 3.17. The lowest BCUT2D eigenvalue weighted by Crippen LogP contribution is -2.33. The summed E-state index contributed by atoms with van der Waals surface area (Å²) in [5.41, 5.74) is 1.24. The van der Waals surface area contributed by atoms with Crippen molar-refractivity contribution in [3.8, 4) is 0 Å². The Morgan fingerprint density at radius 2 is 2.58 bits per heavy atom. The van der Waals surface area contributed by atoms with Crippen molar-refractivity contribution in [1.82, 2.24) is 10.2 Å². The number of aromatic nitrogens is 2. The average molecular weight is 165 g/mol. The van der Waals surface area contributed by atoms with Crippen LogP contribution in [0.2, 0.25) is 0 Å². The molecule has 0 saturated carbocycles. The summed E-state index contributed by atoms with van der Waals surface area (Å²) in [5.74, 6) is 0.827. The van der Waals surface area contributed by atoms with Gasteiger partial charge in [0, 0.05) is 19.3 Å². The fraction of sp³-hybridized carbons (Fsp3) is 0.667. The molecule has 0 amide bonds. The zero-order chi connectivity index (χ0) is 8.39. The van der Waals surface area contributed by atoms with Crippen molar-refractivity contribution >= 4 is 5.69 Å². The number of piperidine rings is 1. The maximum Gasteiger partial charge on any atom is 0.0749 e. The van der Waals surface area contributed by atoms with Gasteiger partial charge in [0.2, 0.25) is 0 Å². The van der Waals surface area contributed by atoms with Gasteiger partial charge in [0.15, 0.2) is 0 Å². The number of rotatable bonds is 1. The van der Waals surface area contributed by atoms with Gasteiger partial charge in [0.1, 0.15) is 0 Å². The Labute approximate surface area is 72.8 Å². The molecule has 1 aromatic heterocycles. The van der Waals surface area contributed by atoms with E-state index in [1.807, 2.05) is 12.4 Å². The number of nitrogens with one attached hydrogen (secondary N) is 1. The topological polar surface area (TPSA) is 31.9 Å². The molecule has 0 aliphatic carbocycles. The molecule has 1 saturated heterocycles. The van der Waals surface area contributed by atoms with Gasteiger partial charge in [-0.25, -0.2) is 0 Å². The minimum absolute atomic E-state index is 0.827. The number of anilines is 1. The van der Waals surface area contributed by atoms with E-state index in [4.69, 9.17) is 0 Å². The molecule has 1 unspecified atom stereocenters. The Balaban J connectivity index is 2.04. The highest BCUT2D eigenvalue weighted by Crippen LogP contribution is 2.21. The van der Waals surface area contributed by atoms with E-state index >= 15 is 0 Å². The fourth-order valence-electron chi connectivity index (χ4n) is 1.84. The number of hydrogen-bond donors (Lipinski definition) is 1. The average Bonchev–Trinajstić information content (AvgIpc) is 2.56. The predicted octanol–water partition coefficient (Wildman–Crippen LogP) is 1.65. The Bertz CT molecular complexity index is 230. The Hall–Kier alpha value is -0.990. The first-order chi connectivity index (χ1) is 5.86. The first kappa shape index (κ1) is 7.65. The van der Waals surface area contributed by atoms with Gasteiger partial charge >= 0.3 is 0 Å². The molecule has 66 valence electrons. The standard InChI is InChI=1S/C9H15N3/c1-8-3-2-4-12(7-8)9-5-10-11-6-9/h5-6,8H,2-4,7H2,1H3,(H,10,11). The highest BCUT2D eigenvalue weighted by Gasteiger charge is 2.16. The van der Waals surface area contributed by atoms with E-state index in [2.05, 4.69) is 22.0 Å². The second-order valence-corrected chi connectivity index (χ2v) is 3.65. The van der Waals surface area contributed by atoms with Gasteiger partial charge in [-0.15, -0.1) is 0 Å². The molecule has 1 aromatic rings. The molecule has 1 aliphatic heterocycles. The SMILES string of the molecule is CC1CCCN(c2cn[nH]c2)C1. The first-order valence-corrected chi connectivity index (χ1v) is 4.60. The summed E-state index contributed by atoms with van der Waals surface area (Å²) >= 11 is 0. The molecule has 1 aliphatic rings. The van der Waals surface area contributed by atoms with Crippen LogP contribution >= 0.6 is 0 Å². The van der Waals surface area contributed by atoms with Crippen molar-refractivity contribution < 1.29 is 0 Å². The third-order valence-electron chi connectivity index (χ3n) is 2.51. The summed E-state index contributed by atoms with van der Waals surface area (Å²) in [6.45, 7) is 4.68. The molecule has 1 N–H and O–H groups in total. The molecule has 0 radical (unpaired) electrons. The maximum absolute atomic E-state index is 3.96. The normalized spacial score (nSPS) is 24.4. The van der Waals surface area contributed by atoms with Crippen LogP contribution in [-0.4, -0.2) is 23.3 Å². The largest absolute Gasteiger partial charge is 0.369 e. The molecule has 12 heavy (non-hydrogen) atoms. The zero-order valence-electron chi connectivity index (χ0n) is 7.45. The third kappa shape index (κ3) is 1.44. The van der Waals surface area contributed by atoms with E-state index in [9.17, 15) is 0 Å². The van der Waals surface area contributed by atoms with E-state index in [1.54, 1.807) is 0 Å². The molecule has 0 spiro atoms. The number of H-pyrrole nitrogens is 1. The first-order valence-electron chi connectivity index (χ1n) is 4.60. The van der Waals surface area contributed by atoms with E-state index in [1.165, 1.54) is 31.6 Å². The summed E-state index contributed by atoms with van der Waals surface area (Å²) < 4.78 is 0. The minimum Gasteiger partial charge on any atom is -0.369 e. The van der Waals surface area contributed by atoms with Gasteiger partial charge in [-0.1, -0.05) is 6.92 Å². The number of aromatic amines is 1. The lowest BCUT2D eigenvalue weighted by molar-refractivity contribution is 0.447. The molecule has 0 bridgehead atoms. The molecule has 3 heteroatoms. The van der Waals surface area contributed by atoms with Gasteiger partial charge in [-0.2, -0.15) is 5.10 Å². The van der Waals surface area contributed by atoms with Gasteiger partial charge in [-0.05, 0) is 18.8 Å². The Kier molecular flexibility index (Phi) is 2.02. The van der Waals surface area contributed by atoms with Crippen LogP contribution in [0.5, 0.6) is 0 Å². The molecule has 0 aromatic carbocycles. The molecule has 3 nitrogen and oxygen atoms in total. The molecule has 2 rings (SSSR count). The van der Waals surface area contributed by atoms with Crippen molar-refractivity contribution in [3.63, 3.8) is 0 Å². The van der Waals surface area contributed by atoms with Crippen molar-refractivity contribution in [2.45, 2.75) is 19.8 Å². The highest BCUT2D eigenvalue weighted by molar-refractivity contribution is 5.42. The molecule has 1 atom stereocenters. The van der Waals surface area contributed by atoms with Gasteiger partial charge < -0.3 is 4.90 Å². The van der Waals surface area contributed by atoms with E-state index in [-0.39, 0.29) is 0 Å². The summed E-state index contributed by atoms with van der Waals surface area (Å²) in [5, 5.41) is 6.81. The van der Waals surface area contributed by atoms with Crippen LogP contribution in [0.25, 0.3) is 0 Å². The van der Waals surface area contributed by atoms with E-state index in [0.717, 1.165) is 5.92 Å². The molecule has 1 fully saturated rings. The lowest BCUT2D eigenvalue weighted by Gasteiger charge is -2.31. The maximum atomic E-state index is 3.96. The molecular formula is C9H15N3. The summed E-state index contributed by atoms with van der Waals surface area (Å²) in [7, 11) is 0. The van der Waals surface area contributed by atoms with Crippen molar-refractivity contribution in [1.29, 1.82) is 0 Å². The van der Waals surface area contributed by atoms with Gasteiger partial charge in [-0.3, -0.25) is 5.10 Å². The van der Waals surface area contributed by atoms with E-state index in [0.29, 0.717) is 0 Å². The quantitative estimate of drug-likeness (QED) is 0.686. The highest BCUT2D eigenvalue weighted by atomic mass is 15.2. The zero-order valence-corrected chi connectivity index (χ0v) is 7.45. The van der Waals surface area contributed by atoms with Crippen LogP contribution in [0, 0.1) is 5.92 Å². The minimum atomic E-state index is 0.827. The predicted molar refractivity (Wildman–Crippen MR) is 49.2 cm³/mol. The van der Waals surface area contributed by atoms with E-state index < -0.39 is 0 Å². The smallest absolute Gasteiger partial charge is 0.0749 e. The van der Waals surface area contributed by atoms with Crippen LogP contribution in [0.1, 0.15) is 19.8 Å².